The fraction of sp³-hybridized carbons (Fsp3) is 0.200. The molecule has 0 bridgehead atoms. The van der Waals surface area contributed by atoms with Crippen LogP contribution in [0.3, 0.4) is 0 Å². The molecule has 0 fully saturated rings. The van der Waals surface area contributed by atoms with Gasteiger partial charge in [-0.2, -0.15) is 0 Å². The summed E-state index contributed by atoms with van der Waals surface area (Å²) >= 11 is 18.4. The molecular weight excluding hydrogens is 303 g/mol. The topological polar surface area (TPSA) is 9.23 Å². The van der Waals surface area contributed by atoms with Gasteiger partial charge in [0.15, 0.2) is 0 Å². The highest BCUT2D eigenvalue weighted by Crippen LogP contribution is 2.41. The molecule has 0 saturated heterocycles. The normalized spacial score (nSPS) is 13.8. The van der Waals surface area contributed by atoms with Crippen LogP contribution in [0.25, 0.3) is 11.1 Å². The van der Waals surface area contributed by atoms with Crippen molar-refractivity contribution in [2.24, 2.45) is 0 Å². The number of benzene rings is 2. The second-order valence-electron chi connectivity index (χ2n) is 4.52. The van der Waals surface area contributed by atoms with Gasteiger partial charge in [-0.25, -0.2) is 0 Å². The minimum atomic E-state index is 0.603. The zero-order valence-corrected chi connectivity index (χ0v) is 12.3. The molecule has 2 aromatic rings. The van der Waals surface area contributed by atoms with E-state index in [0.29, 0.717) is 15.1 Å². The van der Waals surface area contributed by atoms with Crippen molar-refractivity contribution in [1.82, 2.24) is 0 Å². The Labute approximate surface area is 127 Å². The van der Waals surface area contributed by atoms with E-state index in [1.165, 1.54) is 0 Å². The molecular formula is C15H11Cl3O. The monoisotopic (exact) mass is 312 g/mol. The van der Waals surface area contributed by atoms with Gasteiger partial charge in [0.2, 0.25) is 0 Å². The van der Waals surface area contributed by atoms with Gasteiger partial charge in [0, 0.05) is 21.2 Å². The maximum absolute atomic E-state index is 6.28. The number of ether oxygens (including phenoxy) is 1. The molecule has 1 aliphatic rings. The van der Waals surface area contributed by atoms with E-state index in [2.05, 4.69) is 0 Å². The highest BCUT2D eigenvalue weighted by Gasteiger charge is 2.18. The van der Waals surface area contributed by atoms with Gasteiger partial charge in [-0.05, 0) is 42.7 Å². The van der Waals surface area contributed by atoms with Gasteiger partial charge in [0.05, 0.1) is 11.6 Å². The van der Waals surface area contributed by atoms with Crippen LogP contribution in [0.2, 0.25) is 15.1 Å². The number of halogens is 3. The van der Waals surface area contributed by atoms with Crippen LogP contribution in [0.1, 0.15) is 12.0 Å². The van der Waals surface area contributed by atoms with E-state index < -0.39 is 0 Å². The summed E-state index contributed by atoms with van der Waals surface area (Å²) in [4.78, 5) is 0. The first-order valence-corrected chi connectivity index (χ1v) is 7.19. The van der Waals surface area contributed by atoms with Gasteiger partial charge in [0.1, 0.15) is 5.75 Å². The average molecular weight is 314 g/mol. The Kier molecular flexibility index (Phi) is 3.62. The second-order valence-corrected chi connectivity index (χ2v) is 5.80. The summed E-state index contributed by atoms with van der Waals surface area (Å²) in [5.41, 5.74) is 2.97. The van der Waals surface area contributed by atoms with Crippen molar-refractivity contribution < 1.29 is 4.74 Å². The zero-order chi connectivity index (χ0) is 13.4. The smallest absolute Gasteiger partial charge is 0.130 e. The summed E-state index contributed by atoms with van der Waals surface area (Å²) in [5.74, 6) is 0.889. The molecule has 0 saturated carbocycles. The first-order chi connectivity index (χ1) is 9.15. The van der Waals surface area contributed by atoms with Gasteiger partial charge >= 0.3 is 0 Å². The van der Waals surface area contributed by atoms with Crippen molar-refractivity contribution in [3.8, 4) is 16.9 Å². The summed E-state index contributed by atoms with van der Waals surface area (Å²) in [6, 6.07) is 9.30. The fourth-order valence-corrected chi connectivity index (χ4v) is 3.10. The molecule has 0 spiro atoms. The zero-order valence-electron chi connectivity index (χ0n) is 10.1. The van der Waals surface area contributed by atoms with E-state index in [4.69, 9.17) is 39.5 Å². The summed E-state index contributed by atoms with van der Waals surface area (Å²) in [6.07, 6.45) is 2.00. The predicted molar refractivity (Wildman–Crippen MR) is 80.7 cm³/mol. The lowest BCUT2D eigenvalue weighted by Gasteiger charge is -2.21. The Hall–Kier alpha value is -0.890. The van der Waals surface area contributed by atoms with Gasteiger partial charge < -0.3 is 4.74 Å². The Morgan fingerprint density at radius 3 is 2.53 bits per heavy atom. The van der Waals surface area contributed by atoms with E-state index >= 15 is 0 Å². The van der Waals surface area contributed by atoms with Crippen LogP contribution in [0.5, 0.6) is 5.75 Å². The van der Waals surface area contributed by atoms with E-state index in [0.717, 1.165) is 41.9 Å². The lowest BCUT2D eigenvalue weighted by atomic mass is 9.97. The van der Waals surface area contributed by atoms with Gasteiger partial charge in [-0.15, -0.1) is 0 Å². The number of fused-ring (bicyclic) bond motifs is 1. The van der Waals surface area contributed by atoms with Crippen molar-refractivity contribution in [1.29, 1.82) is 0 Å². The molecule has 19 heavy (non-hydrogen) atoms. The van der Waals surface area contributed by atoms with Crippen LogP contribution >= 0.6 is 34.8 Å². The summed E-state index contributed by atoms with van der Waals surface area (Å²) in [5, 5.41) is 1.92. The van der Waals surface area contributed by atoms with E-state index in [-0.39, 0.29) is 0 Å². The molecule has 0 unspecified atom stereocenters. The number of hydrogen-bond donors (Lipinski definition) is 0. The lowest BCUT2D eigenvalue weighted by molar-refractivity contribution is 0.289. The maximum Gasteiger partial charge on any atom is 0.130 e. The fourth-order valence-electron chi connectivity index (χ4n) is 2.35. The molecule has 0 atom stereocenters. The van der Waals surface area contributed by atoms with Crippen molar-refractivity contribution >= 4 is 34.8 Å². The van der Waals surface area contributed by atoms with Gasteiger partial charge in [-0.1, -0.05) is 40.9 Å². The van der Waals surface area contributed by atoms with Crippen LogP contribution in [-0.4, -0.2) is 6.61 Å². The van der Waals surface area contributed by atoms with E-state index in [9.17, 15) is 0 Å². The minimum absolute atomic E-state index is 0.603. The molecule has 1 heterocycles. The van der Waals surface area contributed by atoms with Crippen LogP contribution in [0, 0.1) is 0 Å². The first kappa shape index (κ1) is 13.1. The molecule has 2 aromatic carbocycles. The molecule has 0 N–H and O–H groups in total. The second kappa shape index (κ2) is 5.24. The summed E-state index contributed by atoms with van der Waals surface area (Å²) in [7, 11) is 0. The molecule has 0 aromatic heterocycles. The van der Waals surface area contributed by atoms with E-state index in [1.807, 2.05) is 24.3 Å². The van der Waals surface area contributed by atoms with Crippen molar-refractivity contribution in [3.63, 3.8) is 0 Å². The highest BCUT2D eigenvalue weighted by atomic mass is 35.5. The Morgan fingerprint density at radius 2 is 1.74 bits per heavy atom. The predicted octanol–water partition coefficient (Wildman–Crippen LogP) is 5.64. The third-order valence-corrected chi connectivity index (χ3v) is 3.95. The molecule has 0 amide bonds. The van der Waals surface area contributed by atoms with Crippen LogP contribution in [0.4, 0.5) is 0 Å². The van der Waals surface area contributed by atoms with Crippen LogP contribution in [0.15, 0.2) is 30.3 Å². The largest absolute Gasteiger partial charge is 0.493 e. The van der Waals surface area contributed by atoms with Gasteiger partial charge in [0.25, 0.3) is 0 Å². The number of hydrogen-bond acceptors (Lipinski definition) is 1. The number of rotatable bonds is 1. The molecule has 0 aliphatic carbocycles. The Morgan fingerprint density at radius 1 is 0.895 bits per heavy atom. The molecule has 0 radical (unpaired) electrons. The van der Waals surface area contributed by atoms with Crippen molar-refractivity contribution in [2.75, 3.05) is 6.61 Å². The highest BCUT2D eigenvalue weighted by molar-refractivity contribution is 6.36. The molecule has 1 aliphatic heterocycles. The maximum atomic E-state index is 6.28. The quantitative estimate of drug-likeness (QED) is 0.662. The number of aryl methyl sites for hydroxylation is 1. The third-order valence-electron chi connectivity index (χ3n) is 3.19. The first-order valence-electron chi connectivity index (χ1n) is 6.06. The van der Waals surface area contributed by atoms with E-state index in [1.54, 1.807) is 6.07 Å². The standard InChI is InChI=1S/C15H11Cl3O/c16-10-3-4-12(14(18)8-10)13-7-11(17)6-9-2-1-5-19-15(9)13/h3-4,6-8H,1-2,5H2. The molecule has 98 valence electrons. The third kappa shape index (κ3) is 2.55. The summed E-state index contributed by atoms with van der Waals surface area (Å²) < 4.78 is 5.80. The van der Waals surface area contributed by atoms with Crippen molar-refractivity contribution in [3.05, 3.63) is 51.0 Å². The van der Waals surface area contributed by atoms with Gasteiger partial charge in [-0.3, -0.25) is 0 Å². The SMILES string of the molecule is Clc1ccc(-c2cc(Cl)cc3c2OCCC3)c(Cl)c1. The molecule has 1 nitrogen and oxygen atoms in total. The molecule has 3 rings (SSSR count). The lowest BCUT2D eigenvalue weighted by Crippen LogP contribution is -2.09. The average Bonchev–Trinajstić information content (AvgIpc) is 2.38. The minimum Gasteiger partial charge on any atom is -0.493 e. The Bertz CT molecular complexity index is 638. The Balaban J connectivity index is 2.21. The summed E-state index contributed by atoms with van der Waals surface area (Å²) in [6.45, 7) is 0.729. The van der Waals surface area contributed by atoms with Crippen LogP contribution < -0.4 is 4.74 Å². The van der Waals surface area contributed by atoms with Crippen LogP contribution in [-0.2, 0) is 6.42 Å². The molecule has 4 heteroatoms. The van der Waals surface area contributed by atoms with Crippen molar-refractivity contribution in [2.45, 2.75) is 12.8 Å².